The third-order valence-corrected chi connectivity index (χ3v) is 4.54. The molecular weight excluding hydrogens is 344 g/mol. The van der Waals surface area contributed by atoms with Crippen LogP contribution in [0.25, 0.3) is 0 Å². The van der Waals surface area contributed by atoms with Crippen LogP contribution in [0.4, 0.5) is 4.79 Å². The fourth-order valence-electron chi connectivity index (χ4n) is 2.70. The predicted molar refractivity (Wildman–Crippen MR) is 93.5 cm³/mol. The van der Waals surface area contributed by atoms with Crippen LogP contribution in [0.3, 0.4) is 0 Å². The number of hydrogen-bond donors (Lipinski definition) is 2. The normalized spacial score (nSPS) is 17.9. The molecular formula is C17H21ClN4O3. The fourth-order valence-corrected chi connectivity index (χ4v) is 2.83. The van der Waals surface area contributed by atoms with E-state index in [1.54, 1.807) is 29.2 Å². The molecule has 134 valence electrons. The number of benzene rings is 1. The summed E-state index contributed by atoms with van der Waals surface area (Å²) in [6.07, 6.45) is 1.95. The summed E-state index contributed by atoms with van der Waals surface area (Å²) in [5.74, 6) is -0.361. The van der Waals surface area contributed by atoms with Gasteiger partial charge in [0.25, 0.3) is 5.91 Å². The van der Waals surface area contributed by atoms with E-state index in [2.05, 4.69) is 10.6 Å². The van der Waals surface area contributed by atoms with Crippen molar-refractivity contribution in [3.8, 4) is 0 Å². The summed E-state index contributed by atoms with van der Waals surface area (Å²) < 4.78 is 0. The van der Waals surface area contributed by atoms with Gasteiger partial charge in [-0.2, -0.15) is 0 Å². The number of rotatable bonds is 4. The van der Waals surface area contributed by atoms with E-state index in [9.17, 15) is 14.4 Å². The van der Waals surface area contributed by atoms with Gasteiger partial charge in [-0.3, -0.25) is 19.8 Å². The smallest absolute Gasteiger partial charge is 0.321 e. The lowest BCUT2D eigenvalue weighted by atomic mass is 10.2. The van der Waals surface area contributed by atoms with Gasteiger partial charge in [-0.1, -0.05) is 11.6 Å². The molecule has 1 saturated carbocycles. The maximum absolute atomic E-state index is 12.4. The molecule has 8 heteroatoms. The Kier molecular flexibility index (Phi) is 5.55. The summed E-state index contributed by atoms with van der Waals surface area (Å²) in [4.78, 5) is 39.6. The molecule has 1 aliphatic heterocycles. The van der Waals surface area contributed by atoms with Gasteiger partial charge < -0.3 is 10.2 Å². The number of amides is 4. The van der Waals surface area contributed by atoms with Gasteiger partial charge in [0.15, 0.2) is 0 Å². The zero-order chi connectivity index (χ0) is 17.8. The monoisotopic (exact) mass is 364 g/mol. The largest absolute Gasteiger partial charge is 0.336 e. The molecule has 0 atom stereocenters. The highest BCUT2D eigenvalue weighted by Crippen LogP contribution is 2.18. The minimum absolute atomic E-state index is 0.0374. The second kappa shape index (κ2) is 7.84. The first kappa shape index (κ1) is 17.7. The van der Waals surface area contributed by atoms with E-state index in [4.69, 9.17) is 11.6 Å². The van der Waals surface area contributed by atoms with Crippen molar-refractivity contribution in [1.82, 2.24) is 20.4 Å². The third-order valence-electron chi connectivity index (χ3n) is 4.28. The predicted octanol–water partition coefficient (Wildman–Crippen LogP) is 1.09. The number of carbonyl (C=O) groups excluding carboxylic acids is 3. The van der Waals surface area contributed by atoms with Gasteiger partial charge in [-0.05, 0) is 37.1 Å². The summed E-state index contributed by atoms with van der Waals surface area (Å²) in [6, 6.07) is 6.61. The van der Waals surface area contributed by atoms with Crippen molar-refractivity contribution in [3.63, 3.8) is 0 Å². The standard InChI is InChI=1S/C17H21ClN4O3/c18-13-3-1-12(2-4-13)16(24)22-9-7-21(8-10-22)11-15(23)20-17(25)19-14-5-6-14/h1-4,14H,5-11H2,(H2,19,20,23,25). The number of imide groups is 1. The van der Waals surface area contributed by atoms with Gasteiger partial charge in [0.05, 0.1) is 6.54 Å². The maximum Gasteiger partial charge on any atom is 0.321 e. The quantitative estimate of drug-likeness (QED) is 0.837. The van der Waals surface area contributed by atoms with Crippen LogP contribution in [0.1, 0.15) is 23.2 Å². The Morgan fingerprint density at radius 3 is 2.28 bits per heavy atom. The molecule has 2 aliphatic rings. The second-order valence-electron chi connectivity index (χ2n) is 6.37. The molecule has 1 aliphatic carbocycles. The molecule has 1 aromatic carbocycles. The zero-order valence-electron chi connectivity index (χ0n) is 13.8. The van der Waals surface area contributed by atoms with Crippen molar-refractivity contribution in [2.45, 2.75) is 18.9 Å². The summed E-state index contributed by atoms with van der Waals surface area (Å²) >= 11 is 5.84. The number of piperazine rings is 1. The highest BCUT2D eigenvalue weighted by Gasteiger charge is 2.26. The minimum Gasteiger partial charge on any atom is -0.336 e. The van der Waals surface area contributed by atoms with Crippen LogP contribution in [0.5, 0.6) is 0 Å². The Morgan fingerprint density at radius 1 is 1.04 bits per heavy atom. The van der Waals surface area contributed by atoms with Crippen LogP contribution in [0, 0.1) is 0 Å². The first-order valence-corrected chi connectivity index (χ1v) is 8.76. The summed E-state index contributed by atoms with van der Waals surface area (Å²) in [6.45, 7) is 2.43. The van der Waals surface area contributed by atoms with E-state index < -0.39 is 6.03 Å². The highest BCUT2D eigenvalue weighted by molar-refractivity contribution is 6.30. The van der Waals surface area contributed by atoms with E-state index in [0.717, 1.165) is 12.8 Å². The van der Waals surface area contributed by atoms with Crippen molar-refractivity contribution in [2.24, 2.45) is 0 Å². The van der Waals surface area contributed by atoms with Crippen molar-refractivity contribution in [2.75, 3.05) is 32.7 Å². The Labute approximate surface area is 151 Å². The van der Waals surface area contributed by atoms with Crippen LogP contribution in [0.15, 0.2) is 24.3 Å². The van der Waals surface area contributed by atoms with Crippen LogP contribution >= 0.6 is 11.6 Å². The number of hydrogen-bond acceptors (Lipinski definition) is 4. The Bertz CT molecular complexity index is 652. The molecule has 0 unspecified atom stereocenters. The SMILES string of the molecule is O=C(CN1CCN(C(=O)c2ccc(Cl)cc2)CC1)NC(=O)NC1CC1. The molecule has 0 radical (unpaired) electrons. The average molecular weight is 365 g/mol. The molecule has 3 rings (SSSR count). The average Bonchev–Trinajstić information content (AvgIpc) is 3.39. The zero-order valence-corrected chi connectivity index (χ0v) is 14.6. The molecule has 1 saturated heterocycles. The van der Waals surface area contributed by atoms with Gasteiger partial charge in [0, 0.05) is 42.8 Å². The van der Waals surface area contributed by atoms with E-state index >= 15 is 0 Å². The van der Waals surface area contributed by atoms with Gasteiger partial charge in [-0.25, -0.2) is 4.79 Å². The summed E-state index contributed by atoms with van der Waals surface area (Å²) in [7, 11) is 0. The Balaban J connectivity index is 1.41. The van der Waals surface area contributed by atoms with Crippen LogP contribution in [-0.4, -0.2) is 66.4 Å². The van der Waals surface area contributed by atoms with Gasteiger partial charge in [-0.15, -0.1) is 0 Å². The summed E-state index contributed by atoms with van der Waals surface area (Å²) in [5, 5.41) is 5.65. The number of nitrogens with zero attached hydrogens (tertiary/aromatic N) is 2. The number of halogens is 1. The van der Waals surface area contributed by atoms with Gasteiger partial charge in [0.2, 0.25) is 5.91 Å². The van der Waals surface area contributed by atoms with Crippen LogP contribution in [-0.2, 0) is 4.79 Å². The van der Waals surface area contributed by atoms with Crippen molar-refractivity contribution in [3.05, 3.63) is 34.9 Å². The second-order valence-corrected chi connectivity index (χ2v) is 6.81. The van der Waals surface area contributed by atoms with Crippen LogP contribution in [0.2, 0.25) is 5.02 Å². The lowest BCUT2D eigenvalue weighted by Crippen LogP contribution is -2.52. The molecule has 25 heavy (non-hydrogen) atoms. The van der Waals surface area contributed by atoms with Gasteiger partial charge in [0.1, 0.15) is 0 Å². The van der Waals surface area contributed by atoms with E-state index in [1.807, 2.05) is 4.90 Å². The molecule has 1 heterocycles. The first-order chi connectivity index (χ1) is 12.0. The van der Waals surface area contributed by atoms with E-state index in [0.29, 0.717) is 36.8 Å². The molecule has 1 aromatic rings. The minimum atomic E-state index is -0.427. The van der Waals surface area contributed by atoms with Gasteiger partial charge >= 0.3 is 6.03 Å². The van der Waals surface area contributed by atoms with E-state index in [-0.39, 0.29) is 24.4 Å². The van der Waals surface area contributed by atoms with Crippen LogP contribution < -0.4 is 10.6 Å². The fraction of sp³-hybridized carbons (Fsp3) is 0.471. The molecule has 0 bridgehead atoms. The topological polar surface area (TPSA) is 81.8 Å². The number of carbonyl (C=O) groups is 3. The number of nitrogens with one attached hydrogen (secondary N) is 2. The Morgan fingerprint density at radius 2 is 1.68 bits per heavy atom. The first-order valence-electron chi connectivity index (χ1n) is 8.39. The maximum atomic E-state index is 12.4. The molecule has 0 aromatic heterocycles. The molecule has 2 fully saturated rings. The highest BCUT2D eigenvalue weighted by atomic mass is 35.5. The molecule has 0 spiro atoms. The lowest BCUT2D eigenvalue weighted by Gasteiger charge is -2.34. The Hall–Kier alpha value is -2.12. The summed E-state index contributed by atoms with van der Waals surface area (Å²) in [5.41, 5.74) is 0.604. The van der Waals surface area contributed by atoms with Crippen molar-refractivity contribution < 1.29 is 14.4 Å². The molecule has 2 N–H and O–H groups in total. The molecule has 7 nitrogen and oxygen atoms in total. The molecule has 4 amide bonds. The third kappa shape index (κ3) is 5.17. The van der Waals surface area contributed by atoms with Crippen molar-refractivity contribution >= 4 is 29.4 Å². The van der Waals surface area contributed by atoms with Crippen molar-refractivity contribution in [1.29, 1.82) is 0 Å². The van der Waals surface area contributed by atoms with E-state index in [1.165, 1.54) is 0 Å². The number of urea groups is 1. The lowest BCUT2D eigenvalue weighted by molar-refractivity contribution is -0.121.